The Balaban J connectivity index is 1.88. The van der Waals surface area contributed by atoms with Crippen molar-refractivity contribution in [2.24, 2.45) is 0 Å². The summed E-state index contributed by atoms with van der Waals surface area (Å²) in [5, 5.41) is 2.93. The lowest BCUT2D eigenvalue weighted by molar-refractivity contribution is -0.0262. The second-order valence-electron chi connectivity index (χ2n) is 5.53. The third-order valence-electron chi connectivity index (χ3n) is 3.94. The Hall–Kier alpha value is -1.51. The zero-order valence-electron chi connectivity index (χ0n) is 13.0. The number of nitrogens with zero attached hydrogens (tertiary/aromatic N) is 2. The third-order valence-corrected chi connectivity index (χ3v) is 5.01. The van der Waals surface area contributed by atoms with Gasteiger partial charge in [-0.25, -0.2) is 0 Å². The van der Waals surface area contributed by atoms with Gasteiger partial charge in [0, 0.05) is 41.2 Å². The van der Waals surface area contributed by atoms with Crippen molar-refractivity contribution < 1.29 is 9.53 Å². The lowest BCUT2D eigenvalue weighted by Gasteiger charge is -2.36. The van der Waals surface area contributed by atoms with Crippen LogP contribution in [0.15, 0.2) is 42.7 Å². The highest BCUT2D eigenvalue weighted by Crippen LogP contribution is 2.40. The van der Waals surface area contributed by atoms with E-state index in [9.17, 15) is 4.79 Å². The van der Waals surface area contributed by atoms with Crippen molar-refractivity contribution in [2.45, 2.75) is 10.2 Å². The number of halogens is 1. The maximum absolute atomic E-state index is 12.3. The average Bonchev–Trinajstić information content (AvgIpc) is 2.56. The number of fused-ring (bicyclic) bond motifs is 1. The monoisotopic (exact) mass is 423 g/mol. The van der Waals surface area contributed by atoms with Crippen molar-refractivity contribution in [3.63, 3.8) is 0 Å². The SMILES string of the molecule is COC1c2cc(NC(=O)c3cccnc3)ccc2C(I)CN1C. The number of hydrogen-bond donors (Lipinski definition) is 1. The van der Waals surface area contributed by atoms with Gasteiger partial charge in [0.2, 0.25) is 0 Å². The summed E-state index contributed by atoms with van der Waals surface area (Å²) in [5.41, 5.74) is 3.66. The van der Waals surface area contributed by atoms with E-state index in [1.165, 1.54) is 5.56 Å². The highest BCUT2D eigenvalue weighted by Gasteiger charge is 2.30. The molecule has 1 aromatic carbocycles. The van der Waals surface area contributed by atoms with Crippen molar-refractivity contribution in [1.82, 2.24) is 9.88 Å². The first kappa shape index (κ1) is 16.4. The zero-order chi connectivity index (χ0) is 16.4. The summed E-state index contributed by atoms with van der Waals surface area (Å²) < 4.78 is 6.03. The highest BCUT2D eigenvalue weighted by atomic mass is 127. The number of ether oxygens (including phenoxy) is 1. The van der Waals surface area contributed by atoms with Gasteiger partial charge in [-0.2, -0.15) is 0 Å². The molecule has 1 N–H and O–H groups in total. The Labute approximate surface area is 149 Å². The van der Waals surface area contributed by atoms with Crippen LogP contribution < -0.4 is 5.32 Å². The number of rotatable bonds is 3. The first-order valence-corrected chi connectivity index (χ1v) is 8.57. The van der Waals surface area contributed by atoms with E-state index in [-0.39, 0.29) is 12.1 Å². The standard InChI is InChI=1S/C17H18IN3O2/c1-21-10-15(18)13-6-5-12(8-14(13)17(21)23-2)20-16(22)11-4-3-7-19-9-11/h3-9,15,17H,10H2,1-2H3,(H,20,22). The molecular weight excluding hydrogens is 405 g/mol. The number of carbonyl (C=O) groups is 1. The van der Waals surface area contributed by atoms with E-state index in [4.69, 9.17) is 4.74 Å². The predicted octanol–water partition coefficient (Wildman–Crippen LogP) is 3.40. The number of anilines is 1. The smallest absolute Gasteiger partial charge is 0.257 e. The van der Waals surface area contributed by atoms with Gasteiger partial charge in [-0.05, 0) is 36.9 Å². The summed E-state index contributed by atoms with van der Waals surface area (Å²) in [4.78, 5) is 18.4. The first-order chi connectivity index (χ1) is 11.1. The van der Waals surface area contributed by atoms with Crippen molar-refractivity contribution >= 4 is 34.2 Å². The Morgan fingerprint density at radius 1 is 1.39 bits per heavy atom. The van der Waals surface area contributed by atoms with Gasteiger partial charge in [0.05, 0.1) is 5.56 Å². The van der Waals surface area contributed by atoms with Crippen LogP contribution in [-0.4, -0.2) is 36.5 Å². The number of pyridine rings is 1. The molecule has 0 spiro atoms. The van der Waals surface area contributed by atoms with Gasteiger partial charge in [0.25, 0.3) is 5.91 Å². The van der Waals surface area contributed by atoms with E-state index in [1.54, 1.807) is 31.6 Å². The van der Waals surface area contributed by atoms with Gasteiger partial charge < -0.3 is 10.1 Å². The summed E-state index contributed by atoms with van der Waals surface area (Å²) in [6.07, 6.45) is 3.11. The molecule has 120 valence electrons. The molecule has 1 aliphatic rings. The van der Waals surface area contributed by atoms with E-state index in [2.05, 4.69) is 43.9 Å². The van der Waals surface area contributed by atoms with Crippen LogP contribution in [0.2, 0.25) is 0 Å². The van der Waals surface area contributed by atoms with Crippen molar-refractivity contribution in [3.8, 4) is 0 Å². The molecule has 2 aromatic rings. The Kier molecular flexibility index (Phi) is 4.93. The van der Waals surface area contributed by atoms with Crippen LogP contribution in [0.5, 0.6) is 0 Å². The quantitative estimate of drug-likeness (QED) is 0.608. The number of nitrogens with one attached hydrogen (secondary N) is 1. The number of hydrogen-bond acceptors (Lipinski definition) is 4. The fraction of sp³-hybridized carbons (Fsp3) is 0.294. The van der Waals surface area contributed by atoms with Gasteiger partial charge in [-0.1, -0.05) is 28.7 Å². The molecule has 23 heavy (non-hydrogen) atoms. The van der Waals surface area contributed by atoms with Gasteiger partial charge in [0.15, 0.2) is 0 Å². The van der Waals surface area contributed by atoms with E-state index in [0.717, 1.165) is 17.8 Å². The number of methoxy groups -OCH3 is 1. The van der Waals surface area contributed by atoms with E-state index in [1.807, 2.05) is 19.2 Å². The number of benzene rings is 1. The molecule has 0 saturated carbocycles. The summed E-state index contributed by atoms with van der Waals surface area (Å²) in [6.45, 7) is 0.938. The van der Waals surface area contributed by atoms with Crippen LogP contribution in [-0.2, 0) is 4.74 Å². The Bertz CT molecular complexity index is 708. The maximum atomic E-state index is 12.3. The molecule has 1 aliphatic heterocycles. The minimum absolute atomic E-state index is 0.0914. The highest BCUT2D eigenvalue weighted by molar-refractivity contribution is 14.1. The van der Waals surface area contributed by atoms with Crippen molar-refractivity contribution in [3.05, 3.63) is 59.4 Å². The molecule has 5 nitrogen and oxygen atoms in total. The fourth-order valence-corrected chi connectivity index (χ4v) is 4.03. The molecule has 1 amide bonds. The summed E-state index contributed by atoms with van der Waals surface area (Å²) in [7, 11) is 3.75. The van der Waals surface area contributed by atoms with Crippen LogP contribution in [0, 0.1) is 0 Å². The molecule has 0 radical (unpaired) electrons. The van der Waals surface area contributed by atoms with Gasteiger partial charge in [-0.3, -0.25) is 14.7 Å². The van der Waals surface area contributed by atoms with Gasteiger partial charge in [0.1, 0.15) is 6.23 Å². The normalized spacial score (nSPS) is 20.8. The van der Waals surface area contributed by atoms with Crippen molar-refractivity contribution in [1.29, 1.82) is 0 Å². The lowest BCUT2D eigenvalue weighted by Crippen LogP contribution is -2.34. The molecule has 3 rings (SSSR count). The summed E-state index contributed by atoms with van der Waals surface area (Å²) in [6, 6.07) is 9.51. The molecule has 0 saturated heterocycles. The molecule has 2 unspecified atom stereocenters. The van der Waals surface area contributed by atoms with E-state index in [0.29, 0.717) is 9.49 Å². The number of alkyl halides is 1. The molecule has 0 fully saturated rings. The van der Waals surface area contributed by atoms with Crippen molar-refractivity contribution in [2.75, 3.05) is 26.0 Å². The van der Waals surface area contributed by atoms with E-state index >= 15 is 0 Å². The minimum Gasteiger partial charge on any atom is -0.362 e. The van der Waals surface area contributed by atoms with Crippen LogP contribution in [0.1, 0.15) is 31.6 Å². The number of likely N-dealkylation sites (N-methyl/N-ethyl adjacent to an activating group) is 1. The van der Waals surface area contributed by atoms with Gasteiger partial charge >= 0.3 is 0 Å². The molecule has 0 aliphatic carbocycles. The zero-order valence-corrected chi connectivity index (χ0v) is 15.1. The fourth-order valence-electron chi connectivity index (χ4n) is 2.84. The number of carbonyl (C=O) groups excluding carboxylic acids is 1. The third kappa shape index (κ3) is 3.39. The average molecular weight is 423 g/mol. The molecule has 0 bridgehead atoms. The van der Waals surface area contributed by atoms with Gasteiger partial charge in [-0.15, -0.1) is 0 Å². The number of amides is 1. The summed E-state index contributed by atoms with van der Waals surface area (Å²) >= 11 is 2.44. The first-order valence-electron chi connectivity index (χ1n) is 7.32. The molecular formula is C17H18IN3O2. The lowest BCUT2D eigenvalue weighted by atomic mass is 9.97. The summed E-state index contributed by atoms with van der Waals surface area (Å²) in [5.74, 6) is -0.165. The Morgan fingerprint density at radius 2 is 2.22 bits per heavy atom. The molecule has 2 atom stereocenters. The van der Waals surface area contributed by atoms with Crippen LogP contribution >= 0.6 is 22.6 Å². The largest absolute Gasteiger partial charge is 0.362 e. The van der Waals surface area contributed by atoms with Crippen LogP contribution in [0.25, 0.3) is 0 Å². The molecule has 6 heteroatoms. The predicted molar refractivity (Wildman–Crippen MR) is 97.8 cm³/mol. The van der Waals surface area contributed by atoms with Crippen LogP contribution in [0.4, 0.5) is 5.69 Å². The molecule has 1 aromatic heterocycles. The molecule has 2 heterocycles. The second kappa shape index (κ2) is 6.94. The number of aromatic nitrogens is 1. The minimum atomic E-state index is -0.165. The second-order valence-corrected chi connectivity index (χ2v) is 7.04. The van der Waals surface area contributed by atoms with E-state index < -0.39 is 0 Å². The van der Waals surface area contributed by atoms with Crippen LogP contribution in [0.3, 0.4) is 0 Å². The Morgan fingerprint density at radius 3 is 2.91 bits per heavy atom. The topological polar surface area (TPSA) is 54.5 Å². The maximum Gasteiger partial charge on any atom is 0.257 e.